The first-order chi connectivity index (χ1) is 13.1. The summed E-state index contributed by atoms with van der Waals surface area (Å²) in [6.45, 7) is 0. The number of ether oxygens (including phenoxy) is 2. The van der Waals surface area contributed by atoms with Gasteiger partial charge in [0.15, 0.2) is 17.3 Å². The summed E-state index contributed by atoms with van der Waals surface area (Å²) in [7, 11) is 3.15. The lowest BCUT2D eigenvalue weighted by atomic mass is 9.94. The highest BCUT2D eigenvalue weighted by molar-refractivity contribution is 6.32. The largest absolute Gasteiger partial charge is 0.508 e. The van der Waals surface area contributed by atoms with Crippen LogP contribution in [0.1, 0.15) is 21.5 Å². The number of phenols is 1. The number of carbonyl (C=O) groups is 1. The highest BCUT2D eigenvalue weighted by atomic mass is 16.5. The van der Waals surface area contributed by atoms with E-state index in [1.54, 1.807) is 32.4 Å². The fourth-order valence-electron chi connectivity index (χ4n) is 2.78. The molecule has 0 heterocycles. The average molecular weight is 360 g/mol. The van der Waals surface area contributed by atoms with Gasteiger partial charge in [0.25, 0.3) is 0 Å². The van der Waals surface area contributed by atoms with E-state index in [4.69, 9.17) is 9.47 Å². The van der Waals surface area contributed by atoms with Gasteiger partial charge in [0.05, 0.1) is 14.2 Å². The highest BCUT2D eigenvalue weighted by Crippen LogP contribution is 2.30. The van der Waals surface area contributed by atoms with Crippen LogP contribution in [-0.4, -0.2) is 25.1 Å². The Hall–Kier alpha value is -3.53. The number of allylic oxidation sites excluding steroid dienone is 1. The molecule has 0 atom stereocenters. The zero-order chi connectivity index (χ0) is 19.2. The van der Waals surface area contributed by atoms with Crippen molar-refractivity contribution >= 4 is 17.4 Å². The topological polar surface area (TPSA) is 55.8 Å². The fraction of sp³-hybridized carbons (Fsp3) is 0.0870. The van der Waals surface area contributed by atoms with Crippen LogP contribution in [0.25, 0.3) is 11.6 Å². The molecule has 136 valence electrons. The van der Waals surface area contributed by atoms with Gasteiger partial charge in [0.2, 0.25) is 0 Å². The van der Waals surface area contributed by atoms with Crippen LogP contribution in [0.15, 0.2) is 72.8 Å². The second-order valence-electron chi connectivity index (χ2n) is 5.91. The molecule has 0 aliphatic rings. The third kappa shape index (κ3) is 4.18. The Balaban J connectivity index is 2.09. The summed E-state index contributed by atoms with van der Waals surface area (Å²) < 4.78 is 10.6. The third-order valence-electron chi connectivity index (χ3n) is 4.18. The number of hydrogen-bond acceptors (Lipinski definition) is 4. The molecule has 0 bridgehead atoms. The molecule has 0 amide bonds. The Morgan fingerprint density at radius 1 is 0.815 bits per heavy atom. The van der Waals surface area contributed by atoms with Crippen LogP contribution in [0.4, 0.5) is 0 Å². The van der Waals surface area contributed by atoms with Gasteiger partial charge in [-0.3, -0.25) is 4.79 Å². The van der Waals surface area contributed by atoms with Crippen molar-refractivity contribution in [2.45, 2.75) is 0 Å². The van der Waals surface area contributed by atoms with E-state index in [9.17, 15) is 9.90 Å². The molecule has 0 radical (unpaired) electrons. The number of carbonyl (C=O) groups excluding carboxylic acids is 1. The standard InChI is InChI=1S/C23H20O4/c1-26-21-13-8-16(15-22(21)27-2)14-20(17-6-4-3-5-7-17)23(25)18-9-11-19(24)12-10-18/h3-15,24H,1-2H3/b20-14+. The van der Waals surface area contributed by atoms with Crippen molar-refractivity contribution in [3.8, 4) is 17.2 Å². The summed E-state index contributed by atoms with van der Waals surface area (Å²) >= 11 is 0. The van der Waals surface area contributed by atoms with Gasteiger partial charge in [-0.05, 0) is 53.6 Å². The minimum Gasteiger partial charge on any atom is -0.508 e. The molecule has 3 rings (SSSR count). The number of rotatable bonds is 6. The first-order valence-corrected chi connectivity index (χ1v) is 8.45. The first-order valence-electron chi connectivity index (χ1n) is 8.45. The Morgan fingerprint density at radius 2 is 1.48 bits per heavy atom. The van der Waals surface area contributed by atoms with Crippen LogP contribution in [0.2, 0.25) is 0 Å². The summed E-state index contributed by atoms with van der Waals surface area (Å²) in [5, 5.41) is 9.48. The minimum atomic E-state index is -0.129. The van der Waals surface area contributed by atoms with Crippen molar-refractivity contribution in [1.82, 2.24) is 0 Å². The molecule has 3 aromatic rings. The smallest absolute Gasteiger partial charge is 0.193 e. The van der Waals surface area contributed by atoms with Gasteiger partial charge < -0.3 is 14.6 Å². The van der Waals surface area contributed by atoms with E-state index in [1.165, 1.54) is 12.1 Å². The van der Waals surface area contributed by atoms with Gasteiger partial charge >= 0.3 is 0 Å². The van der Waals surface area contributed by atoms with E-state index >= 15 is 0 Å². The molecule has 27 heavy (non-hydrogen) atoms. The summed E-state index contributed by atoms with van der Waals surface area (Å²) in [6.07, 6.45) is 1.83. The molecular weight excluding hydrogens is 340 g/mol. The summed E-state index contributed by atoms with van der Waals surface area (Å²) in [5.74, 6) is 1.21. The molecule has 0 spiro atoms. The molecule has 0 aliphatic carbocycles. The van der Waals surface area contributed by atoms with Crippen molar-refractivity contribution < 1.29 is 19.4 Å². The quantitative estimate of drug-likeness (QED) is 0.388. The maximum atomic E-state index is 13.1. The van der Waals surface area contributed by atoms with Crippen LogP contribution in [0.3, 0.4) is 0 Å². The van der Waals surface area contributed by atoms with Crippen molar-refractivity contribution in [3.05, 3.63) is 89.5 Å². The van der Waals surface area contributed by atoms with Gasteiger partial charge in [-0.1, -0.05) is 36.4 Å². The molecule has 0 saturated heterocycles. The van der Waals surface area contributed by atoms with Gasteiger partial charge in [-0.25, -0.2) is 0 Å². The van der Waals surface area contributed by atoms with Gasteiger partial charge in [-0.15, -0.1) is 0 Å². The second-order valence-corrected chi connectivity index (χ2v) is 5.91. The van der Waals surface area contributed by atoms with Gasteiger partial charge in [-0.2, -0.15) is 0 Å². The molecule has 0 saturated carbocycles. The molecule has 1 N–H and O–H groups in total. The molecule has 3 aromatic carbocycles. The number of phenolic OH excluding ortho intramolecular Hbond substituents is 1. The van der Waals surface area contributed by atoms with E-state index in [-0.39, 0.29) is 11.5 Å². The van der Waals surface area contributed by atoms with Crippen molar-refractivity contribution in [2.75, 3.05) is 14.2 Å². The summed E-state index contributed by atoms with van der Waals surface area (Å²) in [4.78, 5) is 13.1. The maximum absolute atomic E-state index is 13.1. The molecule has 0 unspecified atom stereocenters. The third-order valence-corrected chi connectivity index (χ3v) is 4.18. The Bertz CT molecular complexity index is 957. The average Bonchev–Trinajstić information content (AvgIpc) is 2.72. The normalized spacial score (nSPS) is 11.1. The molecule has 0 aliphatic heterocycles. The molecular formula is C23H20O4. The number of benzene rings is 3. The molecule has 4 nitrogen and oxygen atoms in total. The zero-order valence-electron chi connectivity index (χ0n) is 15.2. The number of hydrogen-bond donors (Lipinski definition) is 1. The van der Waals surface area contributed by atoms with E-state index in [0.717, 1.165) is 11.1 Å². The Morgan fingerprint density at radius 3 is 2.11 bits per heavy atom. The monoisotopic (exact) mass is 360 g/mol. The van der Waals surface area contributed by atoms with Gasteiger partial charge in [0, 0.05) is 11.1 Å². The summed E-state index contributed by atoms with van der Waals surface area (Å²) in [5.41, 5.74) is 2.68. The van der Waals surface area contributed by atoms with Crippen molar-refractivity contribution in [2.24, 2.45) is 0 Å². The second kappa shape index (κ2) is 8.23. The Labute approximate surface area is 158 Å². The SMILES string of the molecule is COc1ccc(/C=C(/C(=O)c2ccc(O)cc2)c2ccccc2)cc1OC. The lowest BCUT2D eigenvalue weighted by Crippen LogP contribution is -2.03. The van der Waals surface area contributed by atoms with E-state index in [1.807, 2.05) is 48.5 Å². The zero-order valence-corrected chi connectivity index (χ0v) is 15.2. The first kappa shape index (κ1) is 18.3. The lowest BCUT2D eigenvalue weighted by Gasteiger charge is -2.10. The highest BCUT2D eigenvalue weighted by Gasteiger charge is 2.15. The predicted octanol–water partition coefficient (Wildman–Crippen LogP) is 4.83. The van der Waals surface area contributed by atoms with Crippen LogP contribution in [0.5, 0.6) is 17.2 Å². The molecule has 0 fully saturated rings. The Kier molecular flexibility index (Phi) is 5.57. The van der Waals surface area contributed by atoms with Crippen molar-refractivity contribution in [1.29, 1.82) is 0 Å². The van der Waals surface area contributed by atoms with E-state index < -0.39 is 0 Å². The van der Waals surface area contributed by atoms with E-state index in [2.05, 4.69) is 0 Å². The van der Waals surface area contributed by atoms with Crippen LogP contribution < -0.4 is 9.47 Å². The minimum absolute atomic E-state index is 0.122. The summed E-state index contributed by atoms with van der Waals surface area (Å²) in [6, 6.07) is 21.2. The van der Waals surface area contributed by atoms with E-state index in [0.29, 0.717) is 22.6 Å². The van der Waals surface area contributed by atoms with Crippen LogP contribution in [0, 0.1) is 0 Å². The van der Waals surface area contributed by atoms with Gasteiger partial charge in [0.1, 0.15) is 5.75 Å². The maximum Gasteiger partial charge on any atom is 0.193 e. The molecule has 0 aromatic heterocycles. The number of ketones is 1. The predicted molar refractivity (Wildman–Crippen MR) is 106 cm³/mol. The number of methoxy groups -OCH3 is 2. The van der Waals surface area contributed by atoms with Crippen LogP contribution in [-0.2, 0) is 0 Å². The number of Topliss-reactive ketones (excluding diaryl/α,β-unsaturated/α-hetero) is 1. The number of aromatic hydroxyl groups is 1. The van der Waals surface area contributed by atoms with Crippen LogP contribution >= 0.6 is 0 Å². The molecule has 4 heteroatoms. The lowest BCUT2D eigenvalue weighted by molar-refractivity contribution is 0.105. The fourth-order valence-corrected chi connectivity index (χ4v) is 2.78. The van der Waals surface area contributed by atoms with Crippen molar-refractivity contribution in [3.63, 3.8) is 0 Å².